The Hall–Kier alpha value is -2.49. The van der Waals surface area contributed by atoms with Crippen LogP contribution in [0.3, 0.4) is 0 Å². The van der Waals surface area contributed by atoms with E-state index in [1.165, 1.54) is 24.3 Å². The summed E-state index contributed by atoms with van der Waals surface area (Å²) < 4.78 is 40.5. The predicted octanol–water partition coefficient (Wildman–Crippen LogP) is 2.94. The first-order chi connectivity index (χ1) is 16.4. The summed E-state index contributed by atoms with van der Waals surface area (Å²) in [7, 11) is -3.51. The average Bonchev–Trinajstić information content (AvgIpc) is 3.15. The lowest BCUT2D eigenvalue weighted by atomic mass is 10.2. The van der Waals surface area contributed by atoms with Gasteiger partial charge >= 0.3 is 0 Å². The largest absolute Gasteiger partial charge is 0.369 e. The quantitative estimate of drug-likeness (QED) is 0.649. The molecule has 0 saturated carbocycles. The lowest BCUT2D eigenvalue weighted by molar-refractivity contribution is 0.0947. The van der Waals surface area contributed by atoms with E-state index < -0.39 is 10.0 Å². The number of piperazine rings is 1. The second-order valence-electron chi connectivity index (χ2n) is 8.90. The van der Waals surface area contributed by atoms with Gasteiger partial charge in [0.2, 0.25) is 10.0 Å². The van der Waals surface area contributed by atoms with Crippen LogP contribution in [0, 0.1) is 5.82 Å². The maximum absolute atomic E-state index is 13.1. The van der Waals surface area contributed by atoms with Crippen LogP contribution in [0.25, 0.3) is 0 Å². The molecule has 7 nitrogen and oxygen atoms in total. The van der Waals surface area contributed by atoms with Crippen molar-refractivity contribution in [3.05, 3.63) is 59.9 Å². The monoisotopic (exact) mass is 488 g/mol. The molecule has 2 aliphatic heterocycles. The van der Waals surface area contributed by atoms with Gasteiger partial charge in [-0.05, 0) is 61.4 Å². The van der Waals surface area contributed by atoms with Crippen LogP contribution in [0.5, 0.6) is 0 Å². The van der Waals surface area contributed by atoms with Crippen LogP contribution in [0.4, 0.5) is 10.1 Å². The first-order valence-electron chi connectivity index (χ1n) is 12.0. The van der Waals surface area contributed by atoms with Gasteiger partial charge in [0, 0.05) is 63.6 Å². The fourth-order valence-corrected chi connectivity index (χ4v) is 6.04. The molecular weight excluding hydrogens is 455 g/mol. The fraction of sp³-hybridized carbons (Fsp3) is 0.480. The van der Waals surface area contributed by atoms with Gasteiger partial charge in [-0.25, -0.2) is 12.8 Å². The summed E-state index contributed by atoms with van der Waals surface area (Å²) >= 11 is 0. The number of hydrogen-bond donors (Lipinski definition) is 1. The van der Waals surface area contributed by atoms with Gasteiger partial charge in [0.1, 0.15) is 5.82 Å². The van der Waals surface area contributed by atoms with E-state index in [0.717, 1.165) is 64.1 Å². The van der Waals surface area contributed by atoms with Crippen molar-refractivity contribution in [2.75, 3.05) is 57.3 Å². The van der Waals surface area contributed by atoms with Gasteiger partial charge in [-0.1, -0.05) is 12.8 Å². The van der Waals surface area contributed by atoms with Crippen LogP contribution >= 0.6 is 0 Å². The number of nitrogens with one attached hydrogen (secondary N) is 1. The van der Waals surface area contributed by atoms with Crippen molar-refractivity contribution in [1.29, 1.82) is 0 Å². The highest BCUT2D eigenvalue weighted by molar-refractivity contribution is 7.89. The van der Waals surface area contributed by atoms with E-state index >= 15 is 0 Å². The van der Waals surface area contributed by atoms with Crippen molar-refractivity contribution in [3.8, 4) is 0 Å². The molecule has 0 unspecified atom stereocenters. The minimum atomic E-state index is -3.51. The van der Waals surface area contributed by atoms with Crippen LogP contribution in [0.15, 0.2) is 53.4 Å². The zero-order valence-electron chi connectivity index (χ0n) is 19.5. The Labute approximate surface area is 201 Å². The maximum Gasteiger partial charge on any atom is 0.251 e. The summed E-state index contributed by atoms with van der Waals surface area (Å²) in [6, 6.07) is 12.8. The summed E-state index contributed by atoms with van der Waals surface area (Å²) in [5.41, 5.74) is 1.48. The third-order valence-corrected chi connectivity index (χ3v) is 8.51. The molecule has 2 heterocycles. The number of halogens is 1. The van der Waals surface area contributed by atoms with Crippen molar-refractivity contribution in [2.24, 2.45) is 0 Å². The van der Waals surface area contributed by atoms with Crippen LogP contribution < -0.4 is 10.2 Å². The van der Waals surface area contributed by atoms with Gasteiger partial charge in [-0.2, -0.15) is 4.31 Å². The maximum atomic E-state index is 13.1. The van der Waals surface area contributed by atoms with Crippen molar-refractivity contribution in [3.63, 3.8) is 0 Å². The van der Waals surface area contributed by atoms with Gasteiger partial charge in [-0.3, -0.25) is 9.69 Å². The number of anilines is 1. The predicted molar refractivity (Wildman–Crippen MR) is 131 cm³/mol. The molecule has 0 bridgehead atoms. The van der Waals surface area contributed by atoms with E-state index in [4.69, 9.17) is 0 Å². The minimum Gasteiger partial charge on any atom is -0.369 e. The number of hydrogen-bond acceptors (Lipinski definition) is 5. The van der Waals surface area contributed by atoms with Gasteiger partial charge in [0.25, 0.3) is 5.91 Å². The number of carbonyl (C=O) groups excluding carboxylic acids is 1. The number of amides is 1. The van der Waals surface area contributed by atoms with E-state index in [9.17, 15) is 17.6 Å². The number of rotatable bonds is 7. The van der Waals surface area contributed by atoms with Gasteiger partial charge in [0.15, 0.2) is 0 Å². The number of sulfonamides is 1. The molecule has 0 aliphatic carbocycles. The number of benzene rings is 2. The fourth-order valence-electron chi connectivity index (χ4n) is 4.52. The summed E-state index contributed by atoms with van der Waals surface area (Å²) in [5.74, 6) is -0.435. The summed E-state index contributed by atoms with van der Waals surface area (Å²) in [4.78, 5) is 17.3. The number of nitrogens with zero attached hydrogens (tertiary/aromatic N) is 3. The Bertz CT molecular complexity index is 1040. The SMILES string of the molecule is O=C(NCCN1CCN(c2ccc(F)cc2)CC1)c1ccc(S(=O)(=O)N2CCCCCC2)cc1. The molecule has 4 rings (SSSR count). The molecule has 9 heteroatoms. The molecule has 0 atom stereocenters. The van der Waals surface area contributed by atoms with Crippen molar-refractivity contribution < 1.29 is 17.6 Å². The van der Waals surface area contributed by atoms with E-state index in [1.807, 2.05) is 0 Å². The Morgan fingerprint density at radius 2 is 1.44 bits per heavy atom. The normalized spacial score (nSPS) is 18.4. The molecule has 2 saturated heterocycles. The molecule has 2 fully saturated rings. The standard InChI is InChI=1S/C25H33FN4O3S/c26-22-7-9-23(10-8-22)29-19-17-28(18-20-29)16-13-27-25(31)21-5-11-24(12-6-21)34(32,33)30-14-3-1-2-4-15-30/h5-12H,1-4,13-20H2,(H,27,31). The second-order valence-corrected chi connectivity index (χ2v) is 10.8. The lowest BCUT2D eigenvalue weighted by Crippen LogP contribution is -2.48. The average molecular weight is 489 g/mol. The zero-order chi connectivity index (χ0) is 24.0. The van der Waals surface area contributed by atoms with Crippen LogP contribution in [-0.2, 0) is 10.0 Å². The van der Waals surface area contributed by atoms with Crippen LogP contribution in [0.2, 0.25) is 0 Å². The lowest BCUT2D eigenvalue weighted by Gasteiger charge is -2.36. The molecule has 2 aliphatic rings. The third kappa shape index (κ3) is 6.14. The first kappa shape index (κ1) is 24.6. The summed E-state index contributed by atoms with van der Waals surface area (Å²) in [6.45, 7) is 5.82. The summed E-state index contributed by atoms with van der Waals surface area (Å²) in [5, 5.41) is 2.93. The molecule has 2 aromatic rings. The molecule has 2 aromatic carbocycles. The molecule has 0 radical (unpaired) electrons. The van der Waals surface area contributed by atoms with Crippen LogP contribution in [-0.4, -0.2) is 75.9 Å². The first-order valence-corrected chi connectivity index (χ1v) is 13.5. The molecule has 34 heavy (non-hydrogen) atoms. The highest BCUT2D eigenvalue weighted by atomic mass is 32.2. The van der Waals surface area contributed by atoms with Crippen molar-refractivity contribution in [2.45, 2.75) is 30.6 Å². The van der Waals surface area contributed by atoms with Crippen molar-refractivity contribution >= 4 is 21.6 Å². The molecule has 1 amide bonds. The molecule has 0 spiro atoms. The second kappa shape index (κ2) is 11.3. The highest BCUT2D eigenvalue weighted by Crippen LogP contribution is 2.21. The van der Waals surface area contributed by atoms with Crippen LogP contribution in [0.1, 0.15) is 36.0 Å². The zero-order valence-corrected chi connectivity index (χ0v) is 20.3. The molecule has 0 aromatic heterocycles. The smallest absolute Gasteiger partial charge is 0.251 e. The van der Waals surface area contributed by atoms with E-state index in [2.05, 4.69) is 15.1 Å². The number of carbonyl (C=O) groups is 1. The molecule has 184 valence electrons. The summed E-state index contributed by atoms with van der Waals surface area (Å²) in [6.07, 6.45) is 3.91. The Morgan fingerprint density at radius 3 is 2.06 bits per heavy atom. The Balaban J connectivity index is 1.22. The molecular formula is C25H33FN4O3S. The highest BCUT2D eigenvalue weighted by Gasteiger charge is 2.25. The van der Waals surface area contributed by atoms with Crippen molar-refractivity contribution in [1.82, 2.24) is 14.5 Å². The molecule has 1 N–H and O–H groups in total. The van der Waals surface area contributed by atoms with E-state index in [0.29, 0.717) is 25.2 Å². The van der Waals surface area contributed by atoms with Gasteiger partial charge in [-0.15, -0.1) is 0 Å². The van der Waals surface area contributed by atoms with Gasteiger partial charge in [0.05, 0.1) is 4.90 Å². The topological polar surface area (TPSA) is 73.0 Å². The minimum absolute atomic E-state index is 0.205. The van der Waals surface area contributed by atoms with Gasteiger partial charge < -0.3 is 10.2 Å². The Kier molecular flexibility index (Phi) is 8.18. The van der Waals surface area contributed by atoms with E-state index in [-0.39, 0.29) is 16.6 Å². The van der Waals surface area contributed by atoms with E-state index in [1.54, 1.807) is 28.6 Å². The Morgan fingerprint density at radius 1 is 0.824 bits per heavy atom. The third-order valence-electron chi connectivity index (χ3n) is 6.60.